The van der Waals surface area contributed by atoms with Crippen molar-refractivity contribution in [3.63, 3.8) is 0 Å². The summed E-state index contributed by atoms with van der Waals surface area (Å²) in [6.45, 7) is 3.40. The van der Waals surface area contributed by atoms with E-state index in [0.717, 1.165) is 10.5 Å². The molecule has 2 N–H and O–H groups in total. The van der Waals surface area contributed by atoms with Crippen LogP contribution >= 0.6 is 0 Å². The second-order valence-corrected chi connectivity index (χ2v) is 5.27. The zero-order valence-corrected chi connectivity index (χ0v) is 12.2. The second-order valence-electron chi connectivity index (χ2n) is 5.27. The zero-order valence-electron chi connectivity index (χ0n) is 12.2. The number of urea groups is 1. The van der Waals surface area contributed by atoms with Crippen LogP contribution in [0.4, 0.5) is 4.79 Å². The van der Waals surface area contributed by atoms with Crippen molar-refractivity contribution in [2.75, 3.05) is 13.8 Å². The van der Waals surface area contributed by atoms with Crippen LogP contribution in [0, 0.1) is 0 Å². The molecular weight excluding hydrogens is 276 g/mol. The molecule has 0 aromatic heterocycles. The first-order chi connectivity index (χ1) is 9.82. The number of rotatable bonds is 4. The summed E-state index contributed by atoms with van der Waals surface area (Å²) in [6.07, 6.45) is 0. The van der Waals surface area contributed by atoms with Gasteiger partial charge in [0.25, 0.3) is 0 Å². The van der Waals surface area contributed by atoms with Gasteiger partial charge < -0.3 is 24.8 Å². The largest absolute Gasteiger partial charge is 0.480 e. The van der Waals surface area contributed by atoms with Crippen LogP contribution in [0.15, 0.2) is 18.2 Å². The third-order valence-corrected chi connectivity index (χ3v) is 3.55. The minimum Gasteiger partial charge on any atom is -0.480 e. The van der Waals surface area contributed by atoms with Gasteiger partial charge in [0.2, 0.25) is 6.79 Å². The van der Waals surface area contributed by atoms with Gasteiger partial charge in [-0.25, -0.2) is 9.59 Å². The minimum atomic E-state index is -1.28. The van der Waals surface area contributed by atoms with Gasteiger partial charge in [-0.2, -0.15) is 0 Å². The molecule has 0 aliphatic carbocycles. The molecule has 0 bridgehead atoms. The molecule has 0 saturated carbocycles. The van der Waals surface area contributed by atoms with Gasteiger partial charge in [-0.1, -0.05) is 6.07 Å². The fourth-order valence-electron chi connectivity index (χ4n) is 1.74. The van der Waals surface area contributed by atoms with Crippen molar-refractivity contribution in [3.05, 3.63) is 23.8 Å². The van der Waals surface area contributed by atoms with Gasteiger partial charge in [0.05, 0.1) is 0 Å². The maximum Gasteiger partial charge on any atom is 0.329 e. The first kappa shape index (κ1) is 15.0. The summed E-state index contributed by atoms with van der Waals surface area (Å²) in [7, 11) is 1.45. The van der Waals surface area contributed by atoms with Crippen LogP contribution in [-0.4, -0.2) is 41.4 Å². The molecule has 0 unspecified atom stereocenters. The molecule has 2 rings (SSSR count). The Labute approximate surface area is 122 Å². The van der Waals surface area contributed by atoms with Crippen molar-refractivity contribution in [3.8, 4) is 11.5 Å². The van der Waals surface area contributed by atoms with E-state index in [-0.39, 0.29) is 13.3 Å². The Bertz CT molecular complexity index is 570. The second kappa shape index (κ2) is 5.51. The van der Waals surface area contributed by atoms with Crippen molar-refractivity contribution in [2.24, 2.45) is 0 Å². The summed E-state index contributed by atoms with van der Waals surface area (Å²) in [5.41, 5.74) is -0.437. The summed E-state index contributed by atoms with van der Waals surface area (Å²) in [5.74, 6) is 0.249. The summed E-state index contributed by atoms with van der Waals surface area (Å²) in [6, 6.07) is 4.91. The number of carbonyl (C=O) groups is 2. The van der Waals surface area contributed by atoms with Crippen molar-refractivity contribution in [1.82, 2.24) is 10.2 Å². The van der Waals surface area contributed by atoms with E-state index in [4.69, 9.17) is 14.6 Å². The lowest BCUT2D eigenvalue weighted by Crippen LogP contribution is -2.53. The molecule has 1 heterocycles. The molecule has 0 spiro atoms. The van der Waals surface area contributed by atoms with E-state index in [2.05, 4.69) is 5.32 Å². The quantitative estimate of drug-likeness (QED) is 0.876. The van der Waals surface area contributed by atoms with Gasteiger partial charge in [-0.15, -0.1) is 0 Å². The van der Waals surface area contributed by atoms with Crippen LogP contribution in [0.3, 0.4) is 0 Å². The van der Waals surface area contributed by atoms with Gasteiger partial charge in [0.1, 0.15) is 5.54 Å². The number of hydrogen-bond donors (Lipinski definition) is 2. The van der Waals surface area contributed by atoms with Crippen molar-refractivity contribution in [1.29, 1.82) is 0 Å². The number of benzene rings is 1. The molecule has 21 heavy (non-hydrogen) atoms. The Kier molecular flexibility index (Phi) is 3.93. The lowest BCUT2D eigenvalue weighted by Gasteiger charge is -2.31. The van der Waals surface area contributed by atoms with E-state index in [1.807, 2.05) is 6.07 Å². The van der Waals surface area contributed by atoms with E-state index in [1.54, 1.807) is 12.1 Å². The molecule has 0 fully saturated rings. The van der Waals surface area contributed by atoms with Gasteiger partial charge in [-0.3, -0.25) is 0 Å². The van der Waals surface area contributed by atoms with Crippen LogP contribution in [-0.2, 0) is 11.3 Å². The van der Waals surface area contributed by atoms with E-state index in [9.17, 15) is 9.59 Å². The molecule has 114 valence electrons. The molecule has 0 radical (unpaired) electrons. The number of nitrogens with zero attached hydrogens (tertiary/aromatic N) is 1. The van der Waals surface area contributed by atoms with Crippen molar-refractivity contribution in [2.45, 2.75) is 25.9 Å². The Morgan fingerprint density at radius 2 is 2.00 bits per heavy atom. The van der Waals surface area contributed by atoms with Crippen LogP contribution in [0.1, 0.15) is 19.4 Å². The molecule has 0 saturated heterocycles. The number of likely N-dealkylation sites (N-methyl/N-ethyl adjacent to an activating group) is 1. The summed E-state index contributed by atoms with van der Waals surface area (Å²) >= 11 is 0. The Hall–Kier alpha value is -2.44. The van der Waals surface area contributed by atoms with Gasteiger partial charge >= 0.3 is 12.0 Å². The Balaban J connectivity index is 1.97. The predicted molar refractivity (Wildman–Crippen MR) is 74.3 cm³/mol. The number of carboxylic acids is 1. The highest BCUT2D eigenvalue weighted by molar-refractivity contribution is 5.85. The molecular formula is C14H18N2O5. The third kappa shape index (κ3) is 3.01. The lowest BCUT2D eigenvalue weighted by atomic mass is 10.1. The van der Waals surface area contributed by atoms with Crippen LogP contribution in [0.25, 0.3) is 0 Å². The number of ether oxygens (including phenoxy) is 2. The molecule has 7 heteroatoms. The number of nitrogens with one attached hydrogen (secondary N) is 1. The molecule has 7 nitrogen and oxygen atoms in total. The first-order valence-electron chi connectivity index (χ1n) is 6.46. The number of aliphatic carboxylic acids is 1. The number of amides is 2. The predicted octanol–water partition coefficient (Wildman–Crippen LogP) is 1.42. The molecule has 1 aliphatic rings. The fourth-order valence-corrected chi connectivity index (χ4v) is 1.74. The van der Waals surface area contributed by atoms with E-state index < -0.39 is 17.5 Å². The molecule has 0 atom stereocenters. The van der Waals surface area contributed by atoms with Crippen LogP contribution in [0.5, 0.6) is 11.5 Å². The average molecular weight is 294 g/mol. The monoisotopic (exact) mass is 294 g/mol. The average Bonchev–Trinajstić information content (AvgIpc) is 2.91. The number of carboxylic acid groups (broad SMARTS) is 1. The van der Waals surface area contributed by atoms with Gasteiger partial charge in [0.15, 0.2) is 11.5 Å². The van der Waals surface area contributed by atoms with Gasteiger partial charge in [-0.05, 0) is 31.5 Å². The van der Waals surface area contributed by atoms with Crippen LogP contribution < -0.4 is 14.8 Å². The number of hydrogen-bond acceptors (Lipinski definition) is 4. The van der Waals surface area contributed by atoms with Gasteiger partial charge in [0, 0.05) is 13.6 Å². The molecule has 1 aliphatic heterocycles. The number of fused-ring (bicyclic) bond motifs is 1. The van der Waals surface area contributed by atoms with E-state index in [0.29, 0.717) is 11.5 Å². The first-order valence-corrected chi connectivity index (χ1v) is 6.46. The summed E-state index contributed by atoms with van der Waals surface area (Å²) in [4.78, 5) is 24.3. The fraction of sp³-hybridized carbons (Fsp3) is 0.429. The van der Waals surface area contributed by atoms with Crippen molar-refractivity contribution >= 4 is 12.0 Å². The minimum absolute atomic E-state index is 0.195. The summed E-state index contributed by atoms with van der Waals surface area (Å²) < 4.78 is 10.5. The highest BCUT2D eigenvalue weighted by Gasteiger charge is 2.35. The smallest absolute Gasteiger partial charge is 0.329 e. The van der Waals surface area contributed by atoms with Crippen LogP contribution in [0.2, 0.25) is 0 Å². The third-order valence-electron chi connectivity index (χ3n) is 3.55. The lowest BCUT2D eigenvalue weighted by molar-refractivity contribution is -0.146. The standard InChI is InChI=1S/C14H18N2O5/c1-14(2,12(17)18)16(3)13(19)15-7-9-4-5-10-11(6-9)21-8-20-10/h4-6H,7-8H2,1-3H3,(H,15,19)(H,17,18). The van der Waals surface area contributed by atoms with Crippen molar-refractivity contribution < 1.29 is 24.2 Å². The highest BCUT2D eigenvalue weighted by atomic mass is 16.7. The normalized spacial score (nSPS) is 12.9. The Morgan fingerprint density at radius 3 is 2.67 bits per heavy atom. The topological polar surface area (TPSA) is 88.1 Å². The molecule has 2 amide bonds. The summed E-state index contributed by atoms with van der Waals surface area (Å²) in [5, 5.41) is 11.8. The highest BCUT2D eigenvalue weighted by Crippen LogP contribution is 2.32. The molecule has 1 aromatic carbocycles. The maximum absolute atomic E-state index is 12.0. The molecule has 1 aromatic rings. The van der Waals surface area contributed by atoms with E-state index in [1.165, 1.54) is 20.9 Å². The van der Waals surface area contributed by atoms with E-state index >= 15 is 0 Å². The zero-order chi connectivity index (χ0) is 15.6. The number of carbonyl (C=O) groups excluding carboxylic acids is 1. The Morgan fingerprint density at radius 1 is 1.33 bits per heavy atom. The SMILES string of the molecule is CN(C(=O)NCc1ccc2c(c1)OCO2)C(C)(C)C(=O)O. The maximum atomic E-state index is 12.0.